The van der Waals surface area contributed by atoms with E-state index in [1.807, 2.05) is 6.07 Å². The van der Waals surface area contributed by atoms with Crippen molar-refractivity contribution < 1.29 is 18.3 Å². The van der Waals surface area contributed by atoms with Crippen molar-refractivity contribution >= 4 is 27.8 Å². The van der Waals surface area contributed by atoms with Crippen molar-refractivity contribution in [2.75, 3.05) is 11.6 Å². The molecule has 1 aliphatic heterocycles. The van der Waals surface area contributed by atoms with Gasteiger partial charge in [-0.15, -0.1) is 11.8 Å². The maximum absolute atomic E-state index is 12.3. The predicted molar refractivity (Wildman–Crippen MR) is 74.4 cm³/mol. The lowest BCUT2D eigenvalue weighted by molar-refractivity contribution is -0.140. The van der Waals surface area contributed by atoms with Gasteiger partial charge in [-0.1, -0.05) is 18.2 Å². The van der Waals surface area contributed by atoms with Gasteiger partial charge in [0.1, 0.15) is 6.04 Å². The van der Waals surface area contributed by atoms with Crippen molar-refractivity contribution in [1.82, 2.24) is 4.31 Å². The van der Waals surface area contributed by atoms with E-state index in [0.717, 1.165) is 4.31 Å². The fourth-order valence-electron chi connectivity index (χ4n) is 1.93. The average molecular weight is 312 g/mol. The molecule has 1 fully saturated rings. The third-order valence-corrected chi connectivity index (χ3v) is 5.91. The van der Waals surface area contributed by atoms with E-state index >= 15 is 0 Å². The van der Waals surface area contributed by atoms with Crippen molar-refractivity contribution in [3.8, 4) is 6.07 Å². The number of nitrogens with zero attached hydrogens (tertiary/aromatic N) is 2. The van der Waals surface area contributed by atoms with Gasteiger partial charge in [0.15, 0.2) is 0 Å². The van der Waals surface area contributed by atoms with E-state index in [0.29, 0.717) is 5.56 Å². The van der Waals surface area contributed by atoms with Crippen molar-refractivity contribution in [2.24, 2.45) is 0 Å². The van der Waals surface area contributed by atoms with Crippen LogP contribution in [0.15, 0.2) is 24.3 Å². The Bertz CT molecular complexity index is 666. The van der Waals surface area contributed by atoms with Gasteiger partial charge in [0, 0.05) is 5.75 Å². The van der Waals surface area contributed by atoms with Crippen LogP contribution >= 0.6 is 11.8 Å². The van der Waals surface area contributed by atoms with Crippen molar-refractivity contribution in [3.05, 3.63) is 35.4 Å². The van der Waals surface area contributed by atoms with Crippen LogP contribution in [0.5, 0.6) is 0 Å². The molecule has 106 valence electrons. The monoisotopic (exact) mass is 312 g/mol. The molecule has 1 heterocycles. The minimum Gasteiger partial charge on any atom is -0.480 e. The molecule has 1 atom stereocenters. The smallest absolute Gasteiger partial charge is 0.322 e. The third kappa shape index (κ3) is 2.95. The minimum absolute atomic E-state index is 0.133. The summed E-state index contributed by atoms with van der Waals surface area (Å²) in [6, 6.07) is 7.32. The van der Waals surface area contributed by atoms with Gasteiger partial charge in [0.2, 0.25) is 10.0 Å². The number of aliphatic carboxylic acids is 1. The molecule has 1 aliphatic rings. The highest BCUT2D eigenvalue weighted by Crippen LogP contribution is 2.26. The first kappa shape index (κ1) is 14.8. The molecule has 0 bridgehead atoms. The molecule has 2 rings (SSSR count). The Morgan fingerprint density at radius 2 is 2.20 bits per heavy atom. The van der Waals surface area contributed by atoms with Crippen LogP contribution in [0.1, 0.15) is 11.1 Å². The summed E-state index contributed by atoms with van der Waals surface area (Å²) >= 11 is 1.27. The quantitative estimate of drug-likeness (QED) is 0.885. The Hall–Kier alpha value is -1.56. The van der Waals surface area contributed by atoms with Gasteiger partial charge < -0.3 is 5.11 Å². The second kappa shape index (κ2) is 5.83. The van der Waals surface area contributed by atoms with Crippen LogP contribution in [0.4, 0.5) is 0 Å². The zero-order valence-corrected chi connectivity index (χ0v) is 12.0. The van der Waals surface area contributed by atoms with E-state index in [4.69, 9.17) is 10.4 Å². The number of carboxylic acid groups (broad SMARTS) is 1. The molecule has 20 heavy (non-hydrogen) atoms. The summed E-state index contributed by atoms with van der Waals surface area (Å²) < 4.78 is 25.6. The molecule has 1 N–H and O–H groups in total. The first-order valence-corrected chi connectivity index (χ1v) is 8.50. The second-order valence-electron chi connectivity index (χ2n) is 4.27. The second-order valence-corrected chi connectivity index (χ2v) is 7.19. The number of carbonyl (C=O) groups is 1. The molecule has 6 nitrogen and oxygen atoms in total. The summed E-state index contributed by atoms with van der Waals surface area (Å²) in [7, 11) is -3.76. The highest BCUT2D eigenvalue weighted by atomic mass is 32.2. The maximum atomic E-state index is 12.3. The highest BCUT2D eigenvalue weighted by molar-refractivity contribution is 8.00. The summed E-state index contributed by atoms with van der Waals surface area (Å²) in [5.74, 6) is -1.13. The number of sulfonamides is 1. The molecule has 1 saturated heterocycles. The summed E-state index contributed by atoms with van der Waals surface area (Å²) in [5, 5.41) is 18.0. The van der Waals surface area contributed by atoms with E-state index in [1.165, 1.54) is 17.8 Å². The predicted octanol–water partition coefficient (Wildman–Crippen LogP) is 0.848. The molecule has 0 radical (unpaired) electrons. The van der Waals surface area contributed by atoms with Gasteiger partial charge in [-0.2, -0.15) is 9.57 Å². The average Bonchev–Trinajstić information content (AvgIpc) is 2.89. The van der Waals surface area contributed by atoms with Crippen LogP contribution in [0.2, 0.25) is 0 Å². The highest BCUT2D eigenvalue weighted by Gasteiger charge is 2.39. The lowest BCUT2D eigenvalue weighted by Gasteiger charge is -2.20. The van der Waals surface area contributed by atoms with Gasteiger partial charge in [0.05, 0.1) is 23.3 Å². The molecule has 0 aromatic heterocycles. The fourth-order valence-corrected chi connectivity index (χ4v) is 5.27. The van der Waals surface area contributed by atoms with E-state index in [-0.39, 0.29) is 22.9 Å². The maximum Gasteiger partial charge on any atom is 0.322 e. The van der Waals surface area contributed by atoms with Gasteiger partial charge in [-0.25, -0.2) is 8.42 Å². The Morgan fingerprint density at radius 3 is 2.85 bits per heavy atom. The summed E-state index contributed by atoms with van der Waals surface area (Å²) in [5.41, 5.74) is 0.672. The molecule has 0 amide bonds. The summed E-state index contributed by atoms with van der Waals surface area (Å²) in [6.45, 7) is 0. The van der Waals surface area contributed by atoms with Gasteiger partial charge in [0.25, 0.3) is 0 Å². The normalized spacial score (nSPS) is 19.6. The Labute approximate surface area is 121 Å². The Morgan fingerprint density at radius 1 is 1.50 bits per heavy atom. The summed E-state index contributed by atoms with van der Waals surface area (Å²) in [6.07, 6.45) is 0. The van der Waals surface area contributed by atoms with E-state index in [2.05, 4.69) is 0 Å². The van der Waals surface area contributed by atoms with Crippen molar-refractivity contribution in [1.29, 1.82) is 5.26 Å². The first-order valence-electron chi connectivity index (χ1n) is 5.74. The molecule has 0 unspecified atom stereocenters. The SMILES string of the molecule is N#Cc1ccccc1CS(=O)(=O)N1CSC[C@H]1C(=O)O. The van der Waals surface area contributed by atoms with Crippen LogP contribution in [0.3, 0.4) is 0 Å². The third-order valence-electron chi connectivity index (χ3n) is 2.96. The summed E-state index contributed by atoms with van der Waals surface area (Å²) in [4.78, 5) is 11.1. The first-order chi connectivity index (χ1) is 9.45. The van der Waals surface area contributed by atoms with E-state index in [9.17, 15) is 13.2 Å². The van der Waals surface area contributed by atoms with Crippen LogP contribution in [0, 0.1) is 11.3 Å². The minimum atomic E-state index is -3.76. The van der Waals surface area contributed by atoms with Crippen LogP contribution in [-0.4, -0.2) is 41.5 Å². The number of carboxylic acids is 1. The topological polar surface area (TPSA) is 98.5 Å². The van der Waals surface area contributed by atoms with Crippen molar-refractivity contribution in [2.45, 2.75) is 11.8 Å². The van der Waals surface area contributed by atoms with Gasteiger partial charge in [-0.3, -0.25) is 4.79 Å². The largest absolute Gasteiger partial charge is 0.480 e. The molecular weight excluding hydrogens is 300 g/mol. The molecule has 1 aromatic carbocycles. The number of thioether (sulfide) groups is 1. The van der Waals surface area contributed by atoms with Gasteiger partial charge in [-0.05, 0) is 11.6 Å². The molecule has 0 spiro atoms. The standard InChI is InChI=1S/C12H12N2O4S2/c13-5-9-3-1-2-4-10(9)7-20(17,18)14-8-19-6-11(14)12(15)16/h1-4,11H,6-8H2,(H,15,16)/t11-/m0/s1. The molecule has 0 aliphatic carbocycles. The molecule has 0 saturated carbocycles. The van der Waals surface area contributed by atoms with Crippen molar-refractivity contribution in [3.63, 3.8) is 0 Å². The van der Waals surface area contributed by atoms with E-state index in [1.54, 1.807) is 18.2 Å². The molecule has 1 aromatic rings. The number of nitriles is 1. The molecular formula is C12H12N2O4S2. The Kier molecular flexibility index (Phi) is 4.32. The Balaban J connectivity index is 2.28. The lowest BCUT2D eigenvalue weighted by atomic mass is 10.1. The zero-order chi connectivity index (χ0) is 14.8. The lowest BCUT2D eigenvalue weighted by Crippen LogP contribution is -2.42. The number of rotatable bonds is 4. The van der Waals surface area contributed by atoms with E-state index < -0.39 is 22.0 Å². The van der Waals surface area contributed by atoms with Crippen LogP contribution in [0.25, 0.3) is 0 Å². The van der Waals surface area contributed by atoms with Crippen LogP contribution in [-0.2, 0) is 20.6 Å². The molecule has 8 heteroatoms. The fraction of sp³-hybridized carbons (Fsp3) is 0.333. The zero-order valence-electron chi connectivity index (χ0n) is 10.4. The van der Waals surface area contributed by atoms with Crippen LogP contribution < -0.4 is 0 Å². The van der Waals surface area contributed by atoms with Gasteiger partial charge >= 0.3 is 5.97 Å². The number of hydrogen-bond donors (Lipinski definition) is 1. The number of benzene rings is 1. The number of hydrogen-bond acceptors (Lipinski definition) is 5.